The van der Waals surface area contributed by atoms with Crippen molar-refractivity contribution in [2.45, 2.75) is 58.8 Å². The van der Waals surface area contributed by atoms with Crippen molar-refractivity contribution in [3.63, 3.8) is 0 Å². The van der Waals surface area contributed by atoms with Gasteiger partial charge in [-0.05, 0) is 71.7 Å². The quantitative estimate of drug-likeness (QED) is 0.327. The van der Waals surface area contributed by atoms with Gasteiger partial charge in [-0.3, -0.25) is 14.5 Å². The largest absolute Gasteiger partial charge is 0.396 e. The van der Waals surface area contributed by atoms with Crippen LogP contribution >= 0.6 is 0 Å². The van der Waals surface area contributed by atoms with Gasteiger partial charge in [0.15, 0.2) is 0 Å². The number of hydrogen-bond acceptors (Lipinski definition) is 6. The molecule has 1 aliphatic heterocycles. The van der Waals surface area contributed by atoms with Crippen molar-refractivity contribution in [1.82, 2.24) is 20.1 Å². The minimum atomic E-state index is -0.484. The van der Waals surface area contributed by atoms with Gasteiger partial charge in [0.1, 0.15) is 5.82 Å². The third-order valence-electron chi connectivity index (χ3n) is 7.98. The molecule has 1 aromatic heterocycles. The van der Waals surface area contributed by atoms with Gasteiger partial charge in [-0.25, -0.2) is 4.39 Å². The zero-order valence-electron chi connectivity index (χ0n) is 23.5. The van der Waals surface area contributed by atoms with Crippen molar-refractivity contribution in [1.29, 1.82) is 0 Å². The van der Waals surface area contributed by atoms with Crippen molar-refractivity contribution in [3.05, 3.63) is 69.4 Å². The molecule has 1 aliphatic carbocycles. The summed E-state index contributed by atoms with van der Waals surface area (Å²) in [5.74, 6) is -0.730. The van der Waals surface area contributed by atoms with E-state index in [1.54, 1.807) is 23.6 Å². The molecule has 0 unspecified atom stereocenters. The second-order valence-electron chi connectivity index (χ2n) is 12.1. The SMILES string of the molecule is Cc1c(F)cc(C(=O)NC2CC2)cc1-c1ccc2c(=O)n(CC(C)(C)CO)cc(CN3CCN[C@H](CO)C3)c2c1. The molecule has 3 aromatic rings. The Hall–Kier alpha value is -3.11. The van der Waals surface area contributed by atoms with Gasteiger partial charge < -0.3 is 25.4 Å². The van der Waals surface area contributed by atoms with E-state index < -0.39 is 11.2 Å². The third kappa shape index (κ3) is 6.12. The number of nitrogens with zero attached hydrogens (tertiary/aromatic N) is 2. The molecule has 1 saturated heterocycles. The van der Waals surface area contributed by atoms with E-state index in [-0.39, 0.29) is 42.3 Å². The van der Waals surface area contributed by atoms with Crippen LogP contribution in [0.1, 0.15) is 48.2 Å². The maximum Gasteiger partial charge on any atom is 0.258 e. The van der Waals surface area contributed by atoms with E-state index in [0.29, 0.717) is 36.1 Å². The number of hydrogen-bond donors (Lipinski definition) is 4. The van der Waals surface area contributed by atoms with Crippen molar-refractivity contribution in [2.24, 2.45) is 5.41 Å². The highest BCUT2D eigenvalue weighted by atomic mass is 19.1. The summed E-state index contributed by atoms with van der Waals surface area (Å²) < 4.78 is 16.7. The van der Waals surface area contributed by atoms with Crippen LogP contribution in [0, 0.1) is 18.2 Å². The van der Waals surface area contributed by atoms with Gasteiger partial charge in [0.2, 0.25) is 0 Å². The number of piperazine rings is 1. The lowest BCUT2D eigenvalue weighted by atomic mass is 9.93. The number of pyridine rings is 1. The van der Waals surface area contributed by atoms with Crippen LogP contribution < -0.4 is 16.2 Å². The van der Waals surface area contributed by atoms with Gasteiger partial charge in [-0.15, -0.1) is 0 Å². The van der Waals surface area contributed by atoms with E-state index in [1.165, 1.54) is 6.07 Å². The van der Waals surface area contributed by atoms with Crippen LogP contribution in [0.4, 0.5) is 4.39 Å². The lowest BCUT2D eigenvalue weighted by Gasteiger charge is -2.33. The Kier molecular flexibility index (Phi) is 8.10. The van der Waals surface area contributed by atoms with Crippen molar-refractivity contribution < 1.29 is 19.4 Å². The molecule has 1 saturated carbocycles. The summed E-state index contributed by atoms with van der Waals surface area (Å²) in [5.41, 5.74) is 2.36. The van der Waals surface area contributed by atoms with E-state index in [0.717, 1.165) is 42.4 Å². The number of rotatable bonds is 9. The van der Waals surface area contributed by atoms with E-state index in [1.807, 2.05) is 32.2 Å². The maximum absolute atomic E-state index is 15.0. The monoisotopic (exact) mass is 550 g/mol. The molecular formula is C31H39FN4O4. The van der Waals surface area contributed by atoms with Gasteiger partial charge in [0.25, 0.3) is 11.5 Å². The van der Waals surface area contributed by atoms with Crippen LogP contribution in [-0.2, 0) is 13.1 Å². The van der Waals surface area contributed by atoms with Gasteiger partial charge in [-0.2, -0.15) is 0 Å². The molecule has 1 atom stereocenters. The fourth-order valence-corrected chi connectivity index (χ4v) is 5.40. The van der Waals surface area contributed by atoms with Crippen molar-refractivity contribution in [2.75, 3.05) is 32.8 Å². The van der Waals surface area contributed by atoms with E-state index in [2.05, 4.69) is 15.5 Å². The van der Waals surface area contributed by atoms with Gasteiger partial charge in [-0.1, -0.05) is 19.9 Å². The second-order valence-corrected chi connectivity index (χ2v) is 12.1. The molecule has 40 heavy (non-hydrogen) atoms. The Morgan fingerprint density at radius 3 is 2.65 bits per heavy atom. The Morgan fingerprint density at radius 1 is 1.18 bits per heavy atom. The number of aliphatic hydroxyl groups is 2. The molecule has 1 amide bonds. The smallest absolute Gasteiger partial charge is 0.258 e. The van der Waals surface area contributed by atoms with Crippen LogP contribution in [0.2, 0.25) is 0 Å². The normalized spacial score (nSPS) is 18.3. The predicted molar refractivity (Wildman–Crippen MR) is 154 cm³/mol. The molecule has 2 aliphatic rings. The van der Waals surface area contributed by atoms with E-state index >= 15 is 4.39 Å². The minimum absolute atomic E-state index is 0.0232. The molecular weight excluding hydrogens is 511 g/mol. The highest BCUT2D eigenvalue weighted by Crippen LogP contribution is 2.31. The minimum Gasteiger partial charge on any atom is -0.396 e. The summed E-state index contributed by atoms with van der Waals surface area (Å²) >= 11 is 0. The number of halogens is 1. The maximum atomic E-state index is 15.0. The molecule has 4 N–H and O–H groups in total. The number of nitrogens with one attached hydrogen (secondary N) is 2. The zero-order chi connectivity index (χ0) is 28.6. The summed E-state index contributed by atoms with van der Waals surface area (Å²) in [4.78, 5) is 28.6. The summed E-state index contributed by atoms with van der Waals surface area (Å²) in [6.45, 7) is 8.64. The Bertz CT molecular complexity index is 1480. The molecule has 2 aromatic carbocycles. The highest BCUT2D eigenvalue weighted by molar-refractivity contribution is 5.97. The van der Waals surface area contributed by atoms with Crippen LogP contribution in [0.15, 0.2) is 41.3 Å². The molecule has 0 bridgehead atoms. The third-order valence-corrected chi connectivity index (χ3v) is 7.98. The molecule has 9 heteroatoms. The summed E-state index contributed by atoms with van der Waals surface area (Å²) in [6, 6.07) is 8.66. The number of fused-ring (bicyclic) bond motifs is 1. The molecule has 5 rings (SSSR count). The number of aromatic nitrogens is 1. The van der Waals surface area contributed by atoms with Gasteiger partial charge >= 0.3 is 0 Å². The lowest BCUT2D eigenvalue weighted by molar-refractivity contribution is 0.0950. The summed E-state index contributed by atoms with van der Waals surface area (Å²) in [7, 11) is 0. The van der Waals surface area contributed by atoms with Crippen molar-refractivity contribution >= 4 is 16.7 Å². The van der Waals surface area contributed by atoms with Crippen LogP contribution in [0.3, 0.4) is 0 Å². The first-order valence-electron chi connectivity index (χ1n) is 14.0. The summed E-state index contributed by atoms with van der Waals surface area (Å²) in [5, 5.41) is 27.1. The molecule has 0 spiro atoms. The first-order chi connectivity index (χ1) is 19.1. The van der Waals surface area contributed by atoms with Gasteiger partial charge in [0, 0.05) is 74.0 Å². The Labute approximate surface area is 233 Å². The summed E-state index contributed by atoms with van der Waals surface area (Å²) in [6.07, 6.45) is 3.76. The number of benzene rings is 2. The van der Waals surface area contributed by atoms with Gasteiger partial charge in [0.05, 0.1) is 6.61 Å². The number of carbonyl (C=O) groups excluding carboxylic acids is 1. The zero-order valence-corrected chi connectivity index (χ0v) is 23.5. The number of amides is 1. The fraction of sp³-hybridized carbons (Fsp3) is 0.484. The average molecular weight is 551 g/mol. The number of carbonyl (C=O) groups is 1. The molecule has 214 valence electrons. The molecule has 0 radical (unpaired) electrons. The molecule has 2 heterocycles. The predicted octanol–water partition coefficient (Wildman–Crippen LogP) is 2.79. The van der Waals surface area contributed by atoms with Crippen LogP contribution in [0.5, 0.6) is 0 Å². The fourth-order valence-electron chi connectivity index (χ4n) is 5.40. The number of aliphatic hydroxyl groups excluding tert-OH is 2. The van der Waals surface area contributed by atoms with Crippen LogP contribution in [0.25, 0.3) is 21.9 Å². The molecule has 8 nitrogen and oxygen atoms in total. The first-order valence-corrected chi connectivity index (χ1v) is 14.0. The first kappa shape index (κ1) is 28.4. The Morgan fingerprint density at radius 2 is 1.95 bits per heavy atom. The standard InChI is InChI=1S/C31H39FN4O4/c1-19-26(11-21(12-28(19)32)29(39)34-23-5-6-23)20-4-7-25-27(10-20)22(13-35-9-8-33-24(15-35)16-37)14-36(30(25)40)17-31(2,3)18-38/h4,7,10-12,14,23-24,33,37-38H,5-6,8-9,13,15-18H2,1-3H3,(H,34,39)/t24-/m0/s1. The molecule has 2 fully saturated rings. The second kappa shape index (κ2) is 11.4. The van der Waals surface area contributed by atoms with E-state index in [9.17, 15) is 19.8 Å². The average Bonchev–Trinajstić information content (AvgIpc) is 3.76. The Balaban J connectivity index is 1.60. The van der Waals surface area contributed by atoms with E-state index in [4.69, 9.17) is 0 Å². The lowest BCUT2D eigenvalue weighted by Crippen LogP contribution is -2.51. The van der Waals surface area contributed by atoms with Crippen LogP contribution in [-0.4, -0.2) is 70.5 Å². The van der Waals surface area contributed by atoms with Crippen molar-refractivity contribution in [3.8, 4) is 11.1 Å². The topological polar surface area (TPSA) is 107 Å². The highest BCUT2D eigenvalue weighted by Gasteiger charge is 2.26.